The van der Waals surface area contributed by atoms with Crippen LogP contribution in [0.4, 0.5) is 0 Å². The maximum Gasteiger partial charge on any atom is 0.338 e. The standard InChI is InChI=1S/C33H29ClN2O4S/c1-4-9-25-18-23(12-17-27(25)40-20-22-10-7-6-8-11-22)19-28-31(37)36-30(24-13-15-26(34)16-14-24)29(32(38)39-5-2)21(3)35-33(36)41-28/h4,6-8,10-19,30H,1,5,9,20H2,2-3H3/b28-19+/t30-/m0/s1. The molecule has 6 nitrogen and oxygen atoms in total. The van der Waals surface area contributed by atoms with Crippen molar-refractivity contribution in [1.82, 2.24) is 4.57 Å². The zero-order chi connectivity index (χ0) is 28.9. The number of ether oxygens (including phenoxy) is 2. The first-order chi connectivity index (χ1) is 19.9. The van der Waals surface area contributed by atoms with E-state index in [0.717, 1.165) is 28.0 Å². The van der Waals surface area contributed by atoms with E-state index in [0.29, 0.717) is 38.7 Å². The first kappa shape index (κ1) is 28.3. The van der Waals surface area contributed by atoms with Gasteiger partial charge in [0.1, 0.15) is 12.4 Å². The molecule has 1 aliphatic rings. The second-order valence-corrected chi connectivity index (χ2v) is 10.9. The van der Waals surface area contributed by atoms with Gasteiger partial charge in [-0.3, -0.25) is 9.36 Å². The summed E-state index contributed by atoms with van der Waals surface area (Å²) < 4.78 is 13.5. The maximum atomic E-state index is 13.9. The van der Waals surface area contributed by atoms with Gasteiger partial charge in [-0.1, -0.05) is 77.5 Å². The van der Waals surface area contributed by atoms with Crippen molar-refractivity contribution >= 4 is 35.0 Å². The average Bonchev–Trinajstić information content (AvgIpc) is 3.27. The summed E-state index contributed by atoms with van der Waals surface area (Å²) in [5, 5.41) is 0.561. The number of hydrogen-bond acceptors (Lipinski definition) is 6. The van der Waals surface area contributed by atoms with Gasteiger partial charge in [0.2, 0.25) is 0 Å². The molecule has 41 heavy (non-hydrogen) atoms. The van der Waals surface area contributed by atoms with E-state index in [-0.39, 0.29) is 12.2 Å². The Kier molecular flexibility index (Phi) is 8.67. The van der Waals surface area contributed by atoms with Gasteiger partial charge in [-0.15, -0.1) is 6.58 Å². The van der Waals surface area contributed by atoms with Crippen molar-refractivity contribution in [3.63, 3.8) is 0 Å². The highest BCUT2D eigenvalue weighted by Gasteiger charge is 2.33. The molecule has 0 bridgehead atoms. The molecular weight excluding hydrogens is 556 g/mol. The molecule has 5 rings (SSSR count). The zero-order valence-electron chi connectivity index (χ0n) is 22.8. The van der Waals surface area contributed by atoms with Crippen LogP contribution in [0.15, 0.2) is 107 Å². The fourth-order valence-corrected chi connectivity index (χ4v) is 5.96. The third-order valence-electron chi connectivity index (χ3n) is 6.69. The first-order valence-corrected chi connectivity index (χ1v) is 14.4. The smallest absolute Gasteiger partial charge is 0.338 e. The van der Waals surface area contributed by atoms with Crippen LogP contribution in [-0.2, 0) is 22.6 Å². The van der Waals surface area contributed by atoms with Crippen molar-refractivity contribution in [2.75, 3.05) is 6.61 Å². The molecule has 0 unspecified atom stereocenters. The lowest BCUT2D eigenvalue weighted by molar-refractivity contribution is -0.139. The van der Waals surface area contributed by atoms with Crippen LogP contribution in [0.1, 0.15) is 42.1 Å². The van der Waals surface area contributed by atoms with Crippen molar-refractivity contribution in [3.8, 4) is 5.75 Å². The fraction of sp³-hybridized carbons (Fsp3) is 0.182. The minimum Gasteiger partial charge on any atom is -0.489 e. The number of aromatic nitrogens is 1. The van der Waals surface area contributed by atoms with Gasteiger partial charge in [-0.05, 0) is 72.9 Å². The number of rotatable bonds is 9. The van der Waals surface area contributed by atoms with Gasteiger partial charge in [0.25, 0.3) is 5.56 Å². The van der Waals surface area contributed by atoms with Crippen LogP contribution in [0.5, 0.6) is 5.75 Å². The van der Waals surface area contributed by atoms with Gasteiger partial charge < -0.3 is 9.47 Å². The van der Waals surface area contributed by atoms with Crippen LogP contribution in [0.3, 0.4) is 0 Å². The molecule has 0 amide bonds. The fourth-order valence-electron chi connectivity index (χ4n) is 4.78. The molecule has 2 heterocycles. The van der Waals surface area contributed by atoms with Gasteiger partial charge in [-0.25, -0.2) is 9.79 Å². The second kappa shape index (κ2) is 12.5. The number of thiazole rings is 1. The van der Waals surface area contributed by atoms with Crippen LogP contribution in [0.25, 0.3) is 6.08 Å². The minimum atomic E-state index is -0.685. The predicted octanol–water partition coefficient (Wildman–Crippen LogP) is 5.76. The number of halogens is 1. The summed E-state index contributed by atoms with van der Waals surface area (Å²) in [6, 6.07) is 22.3. The minimum absolute atomic E-state index is 0.214. The van der Waals surface area contributed by atoms with Crippen molar-refractivity contribution < 1.29 is 14.3 Å². The lowest BCUT2D eigenvalue weighted by Crippen LogP contribution is -2.39. The summed E-state index contributed by atoms with van der Waals surface area (Å²) in [6.07, 6.45) is 4.29. The number of carbonyl (C=O) groups is 1. The molecule has 0 aliphatic carbocycles. The Morgan fingerprint density at radius 1 is 1.12 bits per heavy atom. The van der Waals surface area contributed by atoms with Gasteiger partial charge in [0.05, 0.1) is 28.5 Å². The van der Waals surface area contributed by atoms with E-state index in [4.69, 9.17) is 21.1 Å². The van der Waals surface area contributed by atoms with Crippen molar-refractivity contribution in [2.24, 2.45) is 4.99 Å². The highest BCUT2D eigenvalue weighted by atomic mass is 35.5. The molecular formula is C33H29ClN2O4S. The Morgan fingerprint density at radius 2 is 1.88 bits per heavy atom. The molecule has 0 spiro atoms. The van der Waals surface area contributed by atoms with Crippen LogP contribution in [0.2, 0.25) is 5.02 Å². The summed E-state index contributed by atoms with van der Waals surface area (Å²) in [5.41, 5.74) is 4.26. The largest absolute Gasteiger partial charge is 0.489 e. The van der Waals surface area contributed by atoms with E-state index in [1.807, 2.05) is 72.8 Å². The number of carbonyl (C=O) groups excluding carboxylic acids is 1. The molecule has 1 atom stereocenters. The topological polar surface area (TPSA) is 69.9 Å². The Morgan fingerprint density at radius 3 is 2.59 bits per heavy atom. The van der Waals surface area contributed by atoms with Crippen molar-refractivity contribution in [1.29, 1.82) is 0 Å². The van der Waals surface area contributed by atoms with E-state index in [1.165, 1.54) is 11.3 Å². The summed E-state index contributed by atoms with van der Waals surface area (Å²) in [6.45, 7) is 8.07. The van der Waals surface area contributed by atoms with Crippen LogP contribution < -0.4 is 19.6 Å². The molecule has 4 aromatic rings. The zero-order valence-corrected chi connectivity index (χ0v) is 24.4. The Bertz CT molecular complexity index is 1800. The normalized spacial score (nSPS) is 14.8. The monoisotopic (exact) mass is 584 g/mol. The molecule has 208 valence electrons. The molecule has 0 fully saturated rings. The maximum absolute atomic E-state index is 13.9. The average molecular weight is 585 g/mol. The number of hydrogen-bond donors (Lipinski definition) is 0. The van der Waals surface area contributed by atoms with Gasteiger partial charge >= 0.3 is 5.97 Å². The van der Waals surface area contributed by atoms with E-state index in [1.54, 1.807) is 30.5 Å². The predicted molar refractivity (Wildman–Crippen MR) is 163 cm³/mol. The third kappa shape index (κ3) is 6.11. The van der Waals surface area contributed by atoms with Crippen LogP contribution in [-0.4, -0.2) is 17.1 Å². The van der Waals surface area contributed by atoms with E-state index in [2.05, 4.69) is 11.6 Å². The molecule has 3 aromatic carbocycles. The van der Waals surface area contributed by atoms with E-state index < -0.39 is 12.0 Å². The number of esters is 1. The highest BCUT2D eigenvalue weighted by molar-refractivity contribution is 7.07. The van der Waals surface area contributed by atoms with Crippen molar-refractivity contribution in [3.05, 3.63) is 144 Å². The number of fused-ring (bicyclic) bond motifs is 1. The molecule has 0 saturated heterocycles. The summed E-state index contributed by atoms with van der Waals surface area (Å²) in [5.74, 6) is 0.271. The Balaban J connectivity index is 1.56. The SMILES string of the molecule is C=CCc1cc(/C=c2/sc3n(c2=O)[C@@H](c2ccc(Cl)cc2)C(C(=O)OCC)=C(C)N=3)ccc1OCc1ccccc1. The van der Waals surface area contributed by atoms with E-state index in [9.17, 15) is 9.59 Å². The molecule has 1 aromatic heterocycles. The first-order valence-electron chi connectivity index (χ1n) is 13.2. The molecule has 0 radical (unpaired) electrons. The number of allylic oxidation sites excluding steroid dienone is 2. The summed E-state index contributed by atoms with van der Waals surface area (Å²) >= 11 is 7.43. The van der Waals surface area contributed by atoms with Crippen LogP contribution >= 0.6 is 22.9 Å². The Hall–Kier alpha value is -4.20. The lowest BCUT2D eigenvalue weighted by atomic mass is 9.96. The summed E-state index contributed by atoms with van der Waals surface area (Å²) in [4.78, 5) is 32.1. The molecule has 1 aliphatic heterocycles. The van der Waals surface area contributed by atoms with Gasteiger partial charge in [-0.2, -0.15) is 0 Å². The van der Waals surface area contributed by atoms with Crippen LogP contribution in [0, 0.1) is 0 Å². The quantitative estimate of drug-likeness (QED) is 0.185. The van der Waals surface area contributed by atoms with Gasteiger partial charge in [0.15, 0.2) is 4.80 Å². The molecule has 0 N–H and O–H groups in total. The van der Waals surface area contributed by atoms with E-state index >= 15 is 0 Å². The Labute approximate surface area is 247 Å². The third-order valence-corrected chi connectivity index (χ3v) is 7.92. The number of nitrogens with zero attached hydrogens (tertiary/aromatic N) is 2. The summed E-state index contributed by atoms with van der Waals surface area (Å²) in [7, 11) is 0. The van der Waals surface area contributed by atoms with Crippen molar-refractivity contribution in [2.45, 2.75) is 32.9 Å². The highest BCUT2D eigenvalue weighted by Crippen LogP contribution is 2.31. The molecule has 8 heteroatoms. The van der Waals surface area contributed by atoms with Gasteiger partial charge in [0, 0.05) is 5.02 Å². The second-order valence-electron chi connectivity index (χ2n) is 9.49. The lowest BCUT2D eigenvalue weighted by Gasteiger charge is -2.24. The molecule has 0 saturated carbocycles. The number of benzene rings is 3.